The van der Waals surface area contributed by atoms with Crippen LogP contribution in [0.25, 0.3) is 0 Å². The van der Waals surface area contributed by atoms with Crippen molar-refractivity contribution in [1.29, 1.82) is 0 Å². The highest BCUT2D eigenvalue weighted by atomic mass is 16.2. The van der Waals surface area contributed by atoms with Crippen molar-refractivity contribution < 1.29 is 14.4 Å². The van der Waals surface area contributed by atoms with Gasteiger partial charge in [-0.25, -0.2) is 0 Å². The third-order valence-electron chi connectivity index (χ3n) is 7.45. The maximum absolute atomic E-state index is 12.9. The smallest absolute Gasteiger partial charge is 0.255 e. The lowest BCUT2D eigenvalue weighted by Crippen LogP contribution is -2.52. The zero-order valence-corrected chi connectivity index (χ0v) is 19.0. The van der Waals surface area contributed by atoms with Crippen LogP contribution in [0.4, 0.5) is 0 Å². The zero-order chi connectivity index (χ0) is 22.2. The number of amides is 3. The molecule has 2 aliphatic heterocycles. The van der Waals surface area contributed by atoms with E-state index in [2.05, 4.69) is 43.5 Å². The average molecular weight is 426 g/mol. The van der Waals surface area contributed by atoms with Crippen LogP contribution in [0.3, 0.4) is 0 Å². The zero-order valence-electron chi connectivity index (χ0n) is 19.0. The van der Waals surface area contributed by atoms with Crippen LogP contribution < -0.4 is 10.6 Å². The molecule has 2 N–H and O–H groups in total. The average Bonchev–Trinajstić information content (AvgIpc) is 3.05. The number of hydrogen-bond acceptors (Lipinski definition) is 4. The molecule has 0 radical (unpaired) electrons. The van der Waals surface area contributed by atoms with E-state index in [-0.39, 0.29) is 29.7 Å². The minimum Gasteiger partial charge on any atom is -0.322 e. The number of fused-ring (bicyclic) bond motifs is 1. The molecule has 2 heterocycles. The Morgan fingerprint density at radius 3 is 2.65 bits per heavy atom. The molecule has 1 aromatic carbocycles. The van der Waals surface area contributed by atoms with E-state index < -0.39 is 6.04 Å². The van der Waals surface area contributed by atoms with Gasteiger partial charge in [0.1, 0.15) is 6.04 Å². The molecule has 0 spiro atoms. The van der Waals surface area contributed by atoms with E-state index in [1.54, 1.807) is 4.90 Å². The van der Waals surface area contributed by atoms with Gasteiger partial charge in [0.05, 0.1) is 0 Å². The molecule has 4 rings (SSSR count). The Morgan fingerprint density at radius 1 is 1.13 bits per heavy atom. The Labute approximate surface area is 185 Å². The molecule has 31 heavy (non-hydrogen) atoms. The fourth-order valence-electron chi connectivity index (χ4n) is 5.30. The second kappa shape index (κ2) is 8.73. The van der Waals surface area contributed by atoms with E-state index >= 15 is 0 Å². The van der Waals surface area contributed by atoms with Gasteiger partial charge in [0.2, 0.25) is 11.8 Å². The highest BCUT2D eigenvalue weighted by Crippen LogP contribution is 2.32. The lowest BCUT2D eigenvalue weighted by atomic mass is 9.79. The topological polar surface area (TPSA) is 78.5 Å². The lowest BCUT2D eigenvalue weighted by Gasteiger charge is -2.38. The van der Waals surface area contributed by atoms with Crippen LogP contribution in [0, 0.1) is 5.92 Å². The van der Waals surface area contributed by atoms with Gasteiger partial charge in [0.25, 0.3) is 5.91 Å². The number of carbonyl (C=O) groups excluding carboxylic acids is 3. The minimum atomic E-state index is -0.552. The molecule has 168 valence electrons. The monoisotopic (exact) mass is 425 g/mol. The summed E-state index contributed by atoms with van der Waals surface area (Å²) in [7, 11) is 0. The first-order chi connectivity index (χ1) is 14.8. The van der Waals surface area contributed by atoms with Gasteiger partial charge in [0, 0.05) is 30.1 Å². The molecule has 1 unspecified atom stereocenters. The number of piperidine rings is 1. The van der Waals surface area contributed by atoms with Crippen LogP contribution in [0.15, 0.2) is 18.2 Å². The van der Waals surface area contributed by atoms with Gasteiger partial charge in [-0.05, 0) is 69.1 Å². The number of imide groups is 1. The second-order valence-corrected chi connectivity index (χ2v) is 10.1. The van der Waals surface area contributed by atoms with E-state index in [0.717, 1.165) is 18.4 Å². The molecule has 1 saturated carbocycles. The molecular weight excluding hydrogens is 390 g/mol. The lowest BCUT2D eigenvalue weighted by molar-refractivity contribution is -0.136. The largest absolute Gasteiger partial charge is 0.322 e. The summed E-state index contributed by atoms with van der Waals surface area (Å²) >= 11 is 0. The molecule has 6 nitrogen and oxygen atoms in total. The fraction of sp³-hybridized carbons (Fsp3) is 0.640. The Bertz CT molecular complexity index is 879. The molecule has 1 aliphatic carbocycles. The minimum absolute atomic E-state index is 0.0991. The summed E-state index contributed by atoms with van der Waals surface area (Å²) in [6.07, 6.45) is 7.82. The van der Waals surface area contributed by atoms with Crippen molar-refractivity contribution >= 4 is 17.7 Å². The highest BCUT2D eigenvalue weighted by Gasteiger charge is 2.39. The van der Waals surface area contributed by atoms with Crippen molar-refractivity contribution in [2.24, 2.45) is 5.92 Å². The van der Waals surface area contributed by atoms with Crippen LogP contribution in [0.1, 0.15) is 87.2 Å². The molecule has 1 aromatic rings. The van der Waals surface area contributed by atoms with E-state index in [1.807, 2.05) is 6.07 Å². The first-order valence-corrected chi connectivity index (χ1v) is 11.8. The number of nitrogens with one attached hydrogen (secondary N) is 2. The normalized spacial score (nSPS) is 26.7. The number of hydrogen-bond donors (Lipinski definition) is 2. The molecule has 3 amide bonds. The summed E-state index contributed by atoms with van der Waals surface area (Å²) in [6, 6.07) is 6.15. The molecule has 0 aromatic heterocycles. The van der Waals surface area contributed by atoms with Crippen molar-refractivity contribution in [2.45, 2.75) is 96.3 Å². The molecular formula is C25H35N3O3. The summed E-state index contributed by atoms with van der Waals surface area (Å²) in [5.74, 6) is -0.110. The van der Waals surface area contributed by atoms with Gasteiger partial charge in [0.15, 0.2) is 0 Å². The predicted octanol–water partition coefficient (Wildman–Crippen LogP) is 3.33. The van der Waals surface area contributed by atoms with Crippen LogP contribution in [0.2, 0.25) is 0 Å². The number of rotatable bonds is 6. The van der Waals surface area contributed by atoms with Gasteiger partial charge in [-0.3, -0.25) is 19.7 Å². The molecule has 3 aliphatic rings. The molecule has 2 fully saturated rings. The highest BCUT2D eigenvalue weighted by molar-refractivity contribution is 6.05. The van der Waals surface area contributed by atoms with Crippen molar-refractivity contribution in [2.75, 3.05) is 0 Å². The Kier molecular flexibility index (Phi) is 6.20. The van der Waals surface area contributed by atoms with E-state index in [4.69, 9.17) is 0 Å². The number of benzene rings is 1. The van der Waals surface area contributed by atoms with Crippen LogP contribution in [0.5, 0.6) is 0 Å². The third kappa shape index (κ3) is 4.69. The summed E-state index contributed by atoms with van der Waals surface area (Å²) in [5.41, 5.74) is 3.11. The summed E-state index contributed by atoms with van der Waals surface area (Å²) in [5, 5.41) is 6.27. The van der Waals surface area contributed by atoms with E-state index in [9.17, 15) is 14.4 Å². The number of carbonyl (C=O) groups is 3. The first-order valence-electron chi connectivity index (χ1n) is 11.8. The molecule has 0 bridgehead atoms. The van der Waals surface area contributed by atoms with E-state index in [1.165, 1.54) is 31.2 Å². The Hall–Kier alpha value is -2.21. The van der Waals surface area contributed by atoms with Crippen molar-refractivity contribution in [3.8, 4) is 0 Å². The van der Waals surface area contributed by atoms with Crippen LogP contribution in [-0.4, -0.2) is 40.2 Å². The SMILES string of the molecule is CCC(C)(C)N[C@H]1CCCC[C@@H]1Cc1ccc2c(c1)CN(C1CCC(=O)NC1=O)C2=O. The van der Waals surface area contributed by atoms with Crippen LogP contribution >= 0.6 is 0 Å². The maximum atomic E-state index is 12.9. The predicted molar refractivity (Wildman–Crippen MR) is 119 cm³/mol. The van der Waals surface area contributed by atoms with E-state index in [0.29, 0.717) is 30.5 Å². The second-order valence-electron chi connectivity index (χ2n) is 10.1. The molecule has 6 heteroatoms. The fourth-order valence-corrected chi connectivity index (χ4v) is 5.30. The molecule has 3 atom stereocenters. The van der Waals surface area contributed by atoms with Crippen molar-refractivity contribution in [1.82, 2.24) is 15.5 Å². The summed E-state index contributed by atoms with van der Waals surface area (Å²) in [4.78, 5) is 38.3. The Balaban J connectivity index is 1.46. The summed E-state index contributed by atoms with van der Waals surface area (Å²) < 4.78 is 0. The van der Waals surface area contributed by atoms with Gasteiger partial charge in [-0.2, -0.15) is 0 Å². The van der Waals surface area contributed by atoms with Gasteiger partial charge in [-0.1, -0.05) is 31.9 Å². The summed E-state index contributed by atoms with van der Waals surface area (Å²) in [6.45, 7) is 7.24. The maximum Gasteiger partial charge on any atom is 0.255 e. The quantitative estimate of drug-likeness (QED) is 0.686. The van der Waals surface area contributed by atoms with Gasteiger partial charge in [-0.15, -0.1) is 0 Å². The third-order valence-corrected chi connectivity index (χ3v) is 7.45. The van der Waals surface area contributed by atoms with Crippen molar-refractivity contribution in [3.05, 3.63) is 34.9 Å². The molecule has 1 saturated heterocycles. The Morgan fingerprint density at radius 2 is 1.90 bits per heavy atom. The van der Waals surface area contributed by atoms with Crippen molar-refractivity contribution in [3.63, 3.8) is 0 Å². The van der Waals surface area contributed by atoms with Crippen LogP contribution in [-0.2, 0) is 22.6 Å². The van der Waals surface area contributed by atoms with Gasteiger partial charge < -0.3 is 10.2 Å². The van der Waals surface area contributed by atoms with Gasteiger partial charge >= 0.3 is 0 Å². The number of nitrogens with zero attached hydrogens (tertiary/aromatic N) is 1. The standard InChI is InChI=1S/C25H35N3O3/c1-4-25(2,3)27-20-8-6-5-7-17(20)13-16-9-10-19-18(14-16)15-28(24(19)31)21-11-12-22(29)26-23(21)30/h9-10,14,17,20-21,27H,4-8,11-13,15H2,1-3H3,(H,26,29,30)/t17-,20+,21?/m1/s1. The first kappa shape index (κ1) is 22.0.